The van der Waals surface area contributed by atoms with Crippen molar-refractivity contribution in [3.05, 3.63) is 63.7 Å². The molecule has 2 aromatic rings. The number of nitro benzene ring substituents is 1. The lowest BCUT2D eigenvalue weighted by Gasteiger charge is -2.09. The zero-order valence-corrected chi connectivity index (χ0v) is 10.7. The van der Waals surface area contributed by atoms with Crippen molar-refractivity contribution in [1.29, 1.82) is 0 Å². The highest BCUT2D eigenvalue weighted by molar-refractivity contribution is 5.92. The second-order valence-corrected chi connectivity index (χ2v) is 4.12. The van der Waals surface area contributed by atoms with E-state index < -0.39 is 16.6 Å². The van der Waals surface area contributed by atoms with Crippen LogP contribution in [0.4, 0.5) is 5.69 Å². The van der Waals surface area contributed by atoms with Crippen LogP contribution in [0.25, 0.3) is 0 Å². The Balaban J connectivity index is 2.45. The largest absolute Gasteiger partial charge is 0.478 e. The molecule has 0 aliphatic heterocycles. The number of aromatic carboxylic acids is 1. The molecule has 0 aliphatic rings. The fourth-order valence-electron chi connectivity index (χ4n) is 1.73. The standard InChI is InChI=1S/C14H11NO6/c16-8-9-4-6-10(7-5-9)21-13-11(14(17)18)2-1-3-12(13)15(19)20/h1-7,16H,8H2,(H,17,18). The Morgan fingerprint density at radius 1 is 1.19 bits per heavy atom. The summed E-state index contributed by atoms with van der Waals surface area (Å²) in [6.07, 6.45) is 0. The zero-order valence-electron chi connectivity index (χ0n) is 10.7. The van der Waals surface area contributed by atoms with Crippen molar-refractivity contribution in [3.8, 4) is 11.5 Å². The van der Waals surface area contributed by atoms with Crippen LogP contribution in [0, 0.1) is 10.1 Å². The van der Waals surface area contributed by atoms with E-state index in [2.05, 4.69) is 0 Å². The van der Waals surface area contributed by atoms with Crippen LogP contribution in [0.1, 0.15) is 15.9 Å². The summed E-state index contributed by atoms with van der Waals surface area (Å²) in [6, 6.07) is 9.82. The predicted octanol–water partition coefficient (Wildman–Crippen LogP) is 2.58. The van der Waals surface area contributed by atoms with Gasteiger partial charge in [-0.15, -0.1) is 0 Å². The summed E-state index contributed by atoms with van der Waals surface area (Å²) >= 11 is 0. The van der Waals surface area contributed by atoms with Crippen LogP contribution in [0.15, 0.2) is 42.5 Å². The van der Waals surface area contributed by atoms with Gasteiger partial charge in [-0.2, -0.15) is 0 Å². The molecule has 0 saturated carbocycles. The van der Waals surface area contributed by atoms with Gasteiger partial charge in [-0.05, 0) is 23.8 Å². The third-order valence-corrected chi connectivity index (χ3v) is 2.75. The van der Waals surface area contributed by atoms with E-state index in [1.165, 1.54) is 30.3 Å². The van der Waals surface area contributed by atoms with Crippen molar-refractivity contribution < 1.29 is 24.7 Å². The van der Waals surface area contributed by atoms with Gasteiger partial charge in [-0.3, -0.25) is 10.1 Å². The van der Waals surface area contributed by atoms with Crippen molar-refractivity contribution >= 4 is 11.7 Å². The molecular formula is C14H11NO6. The van der Waals surface area contributed by atoms with Gasteiger partial charge in [0.2, 0.25) is 5.75 Å². The second-order valence-electron chi connectivity index (χ2n) is 4.12. The van der Waals surface area contributed by atoms with Crippen LogP contribution in [-0.4, -0.2) is 21.1 Å². The van der Waals surface area contributed by atoms with Crippen LogP contribution in [0.3, 0.4) is 0 Å². The first-order chi connectivity index (χ1) is 10.0. The number of aliphatic hydroxyl groups is 1. The Hall–Kier alpha value is -2.93. The fraction of sp³-hybridized carbons (Fsp3) is 0.0714. The molecule has 0 amide bonds. The van der Waals surface area contributed by atoms with Gasteiger partial charge in [0.25, 0.3) is 0 Å². The first-order valence-electron chi connectivity index (χ1n) is 5.91. The van der Waals surface area contributed by atoms with Crippen LogP contribution in [-0.2, 0) is 6.61 Å². The minimum absolute atomic E-state index is 0.147. The van der Waals surface area contributed by atoms with Crippen molar-refractivity contribution in [2.24, 2.45) is 0 Å². The number of nitrogens with zero attached hydrogens (tertiary/aromatic N) is 1. The van der Waals surface area contributed by atoms with Crippen molar-refractivity contribution in [3.63, 3.8) is 0 Å². The van der Waals surface area contributed by atoms with Gasteiger partial charge < -0.3 is 14.9 Å². The van der Waals surface area contributed by atoms with Crippen molar-refractivity contribution in [1.82, 2.24) is 0 Å². The third-order valence-electron chi connectivity index (χ3n) is 2.75. The molecule has 0 unspecified atom stereocenters. The number of benzene rings is 2. The van der Waals surface area contributed by atoms with Gasteiger partial charge in [0, 0.05) is 6.07 Å². The van der Waals surface area contributed by atoms with Crippen LogP contribution < -0.4 is 4.74 Å². The Morgan fingerprint density at radius 3 is 2.38 bits per heavy atom. The molecule has 7 heteroatoms. The van der Waals surface area contributed by atoms with Gasteiger partial charge >= 0.3 is 11.7 Å². The molecule has 0 spiro atoms. The number of carboxylic acids is 1. The SMILES string of the molecule is O=C(O)c1cccc([N+](=O)[O-])c1Oc1ccc(CO)cc1. The molecule has 0 aliphatic carbocycles. The normalized spacial score (nSPS) is 10.1. The van der Waals surface area contributed by atoms with Gasteiger partial charge in [0.1, 0.15) is 11.3 Å². The average Bonchev–Trinajstić information content (AvgIpc) is 2.47. The number of aliphatic hydroxyl groups excluding tert-OH is 1. The molecule has 2 rings (SSSR count). The molecule has 2 aromatic carbocycles. The van der Waals surface area contributed by atoms with E-state index in [-0.39, 0.29) is 23.7 Å². The Bertz CT molecular complexity index is 648. The Morgan fingerprint density at radius 2 is 1.86 bits per heavy atom. The topological polar surface area (TPSA) is 110 Å². The molecule has 2 N–H and O–H groups in total. The minimum atomic E-state index is -1.32. The number of para-hydroxylation sites is 1. The fourth-order valence-corrected chi connectivity index (χ4v) is 1.73. The third kappa shape index (κ3) is 3.15. The zero-order chi connectivity index (χ0) is 15.4. The van der Waals surface area contributed by atoms with Gasteiger partial charge in [0.15, 0.2) is 0 Å². The maximum Gasteiger partial charge on any atom is 0.339 e. The number of carboxylic acid groups (broad SMARTS) is 1. The number of carbonyl (C=O) groups is 1. The number of nitro groups is 1. The van der Waals surface area contributed by atoms with Crippen molar-refractivity contribution in [2.75, 3.05) is 0 Å². The second kappa shape index (κ2) is 6.02. The lowest BCUT2D eigenvalue weighted by Crippen LogP contribution is -2.03. The average molecular weight is 289 g/mol. The molecule has 0 aromatic heterocycles. The number of ether oxygens (including phenoxy) is 1. The quantitative estimate of drug-likeness (QED) is 0.646. The molecular weight excluding hydrogens is 278 g/mol. The summed E-state index contributed by atoms with van der Waals surface area (Å²) in [5, 5.41) is 29.0. The molecule has 21 heavy (non-hydrogen) atoms. The number of rotatable bonds is 5. The molecule has 0 radical (unpaired) electrons. The molecule has 0 bridgehead atoms. The summed E-state index contributed by atoms with van der Waals surface area (Å²) in [7, 11) is 0. The molecule has 108 valence electrons. The summed E-state index contributed by atoms with van der Waals surface area (Å²) in [4.78, 5) is 21.4. The summed E-state index contributed by atoms with van der Waals surface area (Å²) in [6.45, 7) is -0.147. The van der Waals surface area contributed by atoms with Crippen LogP contribution in [0.5, 0.6) is 11.5 Å². The molecule has 0 atom stereocenters. The molecule has 0 fully saturated rings. The highest BCUT2D eigenvalue weighted by atomic mass is 16.6. The maximum atomic E-state index is 11.2. The monoisotopic (exact) mass is 289 g/mol. The van der Waals surface area contributed by atoms with Crippen LogP contribution in [0.2, 0.25) is 0 Å². The van der Waals surface area contributed by atoms with E-state index in [1.807, 2.05) is 0 Å². The van der Waals surface area contributed by atoms with Gasteiger partial charge in [-0.1, -0.05) is 18.2 Å². The molecule has 7 nitrogen and oxygen atoms in total. The minimum Gasteiger partial charge on any atom is -0.478 e. The lowest BCUT2D eigenvalue weighted by atomic mass is 10.1. The van der Waals surface area contributed by atoms with E-state index in [1.54, 1.807) is 12.1 Å². The van der Waals surface area contributed by atoms with E-state index in [0.29, 0.717) is 5.56 Å². The molecule has 0 saturated heterocycles. The first kappa shape index (κ1) is 14.5. The highest BCUT2D eigenvalue weighted by Gasteiger charge is 2.23. The highest BCUT2D eigenvalue weighted by Crippen LogP contribution is 2.34. The van der Waals surface area contributed by atoms with Crippen LogP contribution >= 0.6 is 0 Å². The van der Waals surface area contributed by atoms with E-state index in [4.69, 9.17) is 14.9 Å². The summed E-state index contributed by atoms with van der Waals surface area (Å²) in [5.41, 5.74) is -0.0834. The molecule has 0 heterocycles. The predicted molar refractivity (Wildman–Crippen MR) is 72.5 cm³/mol. The number of hydrogen-bond donors (Lipinski definition) is 2. The Labute approximate surface area is 119 Å². The van der Waals surface area contributed by atoms with E-state index in [0.717, 1.165) is 0 Å². The lowest BCUT2D eigenvalue weighted by molar-refractivity contribution is -0.385. The van der Waals surface area contributed by atoms with Gasteiger partial charge in [0.05, 0.1) is 11.5 Å². The van der Waals surface area contributed by atoms with Crippen molar-refractivity contribution in [2.45, 2.75) is 6.61 Å². The van der Waals surface area contributed by atoms with Gasteiger partial charge in [-0.25, -0.2) is 4.79 Å². The smallest absolute Gasteiger partial charge is 0.339 e. The van der Waals surface area contributed by atoms with E-state index in [9.17, 15) is 14.9 Å². The summed E-state index contributed by atoms with van der Waals surface area (Å²) < 4.78 is 5.36. The number of hydrogen-bond acceptors (Lipinski definition) is 5. The maximum absolute atomic E-state index is 11.2. The Kier molecular flexibility index (Phi) is 4.15. The van der Waals surface area contributed by atoms with E-state index >= 15 is 0 Å². The summed E-state index contributed by atoms with van der Waals surface area (Å²) in [5.74, 6) is -1.41. The first-order valence-corrected chi connectivity index (χ1v) is 5.91.